The predicted octanol–water partition coefficient (Wildman–Crippen LogP) is 3.14. The molecule has 1 aliphatic carbocycles. The van der Waals surface area contributed by atoms with Crippen molar-refractivity contribution >= 4 is 11.8 Å². The summed E-state index contributed by atoms with van der Waals surface area (Å²) in [6.07, 6.45) is 3.71. The van der Waals surface area contributed by atoms with Crippen molar-refractivity contribution in [2.75, 3.05) is 5.75 Å². The molecular formula is C14H20O2S. The van der Waals surface area contributed by atoms with Gasteiger partial charge in [0.2, 0.25) is 0 Å². The molecule has 0 aromatic heterocycles. The van der Waals surface area contributed by atoms with Gasteiger partial charge in [0, 0.05) is 10.6 Å². The van der Waals surface area contributed by atoms with Gasteiger partial charge < -0.3 is 10.2 Å². The molecule has 1 saturated carbocycles. The molecule has 1 aromatic carbocycles. The summed E-state index contributed by atoms with van der Waals surface area (Å²) < 4.78 is 0. The quantitative estimate of drug-likeness (QED) is 0.809. The van der Waals surface area contributed by atoms with Gasteiger partial charge >= 0.3 is 0 Å². The van der Waals surface area contributed by atoms with Crippen LogP contribution in [0.25, 0.3) is 0 Å². The highest BCUT2D eigenvalue weighted by Gasteiger charge is 2.30. The van der Waals surface area contributed by atoms with E-state index in [-0.39, 0.29) is 0 Å². The van der Waals surface area contributed by atoms with E-state index in [9.17, 15) is 10.2 Å². The lowest BCUT2D eigenvalue weighted by atomic mass is 10.1. The first-order chi connectivity index (χ1) is 8.09. The van der Waals surface area contributed by atoms with Gasteiger partial charge in [-0.25, -0.2) is 0 Å². The first kappa shape index (κ1) is 12.9. The minimum atomic E-state index is -0.467. The molecule has 94 valence electrons. The van der Waals surface area contributed by atoms with E-state index in [2.05, 4.69) is 0 Å². The molecule has 2 rings (SSSR count). The maximum absolute atomic E-state index is 10.3. The topological polar surface area (TPSA) is 40.5 Å². The highest BCUT2D eigenvalue weighted by molar-refractivity contribution is 7.99. The molecule has 0 bridgehead atoms. The number of thioether (sulfide) groups is 1. The maximum atomic E-state index is 10.3. The minimum Gasteiger partial charge on any atom is -0.389 e. The third-order valence-corrected chi connectivity index (χ3v) is 4.65. The predicted molar refractivity (Wildman–Crippen MR) is 71.2 cm³/mol. The van der Waals surface area contributed by atoms with Crippen LogP contribution in [0.3, 0.4) is 0 Å². The highest BCUT2D eigenvalue weighted by atomic mass is 32.2. The third-order valence-electron chi connectivity index (χ3n) is 3.38. The molecule has 0 amide bonds. The number of hydrogen-bond donors (Lipinski definition) is 2. The van der Waals surface area contributed by atoms with Crippen LogP contribution in [0.2, 0.25) is 0 Å². The molecule has 0 radical (unpaired) electrons. The molecule has 1 aliphatic rings. The zero-order chi connectivity index (χ0) is 12.3. The van der Waals surface area contributed by atoms with Crippen LogP contribution in [0, 0.1) is 0 Å². The Morgan fingerprint density at radius 2 is 2.06 bits per heavy atom. The van der Waals surface area contributed by atoms with Crippen molar-refractivity contribution < 1.29 is 10.2 Å². The molecular weight excluding hydrogens is 232 g/mol. The van der Waals surface area contributed by atoms with Gasteiger partial charge in [-0.05, 0) is 37.5 Å². The van der Waals surface area contributed by atoms with Gasteiger partial charge in [-0.1, -0.05) is 25.0 Å². The van der Waals surface area contributed by atoms with Crippen molar-refractivity contribution in [2.24, 2.45) is 0 Å². The van der Waals surface area contributed by atoms with Gasteiger partial charge in [0.15, 0.2) is 0 Å². The minimum absolute atomic E-state index is 0.426. The monoisotopic (exact) mass is 252 g/mol. The number of aliphatic hydroxyl groups excluding tert-OH is 1. The second-order valence-corrected chi connectivity index (χ2v) is 6.02. The molecule has 2 N–H and O–H groups in total. The van der Waals surface area contributed by atoms with Crippen molar-refractivity contribution in [2.45, 2.75) is 49.2 Å². The zero-order valence-electron chi connectivity index (χ0n) is 10.2. The molecule has 2 nitrogen and oxygen atoms in total. The van der Waals surface area contributed by atoms with E-state index in [1.165, 1.54) is 0 Å². The molecule has 1 fully saturated rings. The Balaban J connectivity index is 1.96. The van der Waals surface area contributed by atoms with E-state index in [1.54, 1.807) is 18.7 Å². The average molecular weight is 252 g/mol. The lowest BCUT2D eigenvalue weighted by Crippen LogP contribution is -2.26. The van der Waals surface area contributed by atoms with Crippen LogP contribution < -0.4 is 0 Å². The summed E-state index contributed by atoms with van der Waals surface area (Å²) in [4.78, 5) is 1.13. The summed E-state index contributed by atoms with van der Waals surface area (Å²) >= 11 is 1.69. The fourth-order valence-electron chi connectivity index (χ4n) is 2.26. The van der Waals surface area contributed by atoms with Crippen molar-refractivity contribution in [3.05, 3.63) is 29.8 Å². The number of rotatable bonds is 4. The Hall–Kier alpha value is -0.510. The first-order valence-electron chi connectivity index (χ1n) is 6.22. The fourth-order valence-corrected chi connectivity index (χ4v) is 3.38. The lowest BCUT2D eigenvalue weighted by Gasteiger charge is -2.21. The summed E-state index contributed by atoms with van der Waals surface area (Å²) in [5.74, 6) is 0.760. The van der Waals surface area contributed by atoms with Crippen LogP contribution in [0.5, 0.6) is 0 Å². The summed E-state index contributed by atoms with van der Waals surface area (Å²) in [6.45, 7) is 1.77. The first-order valence-corrected chi connectivity index (χ1v) is 7.21. The SMILES string of the molecule is CC(O)c1cccc(SCC2(O)CCCC2)c1. The molecule has 3 heteroatoms. The Morgan fingerprint density at radius 1 is 1.35 bits per heavy atom. The van der Waals surface area contributed by atoms with Gasteiger partial charge in [-0.2, -0.15) is 0 Å². The van der Waals surface area contributed by atoms with Crippen LogP contribution in [-0.4, -0.2) is 21.6 Å². The Labute approximate surface area is 107 Å². The molecule has 0 heterocycles. The summed E-state index contributed by atoms with van der Waals surface area (Å²) in [7, 11) is 0. The van der Waals surface area contributed by atoms with Crippen molar-refractivity contribution in [1.29, 1.82) is 0 Å². The molecule has 17 heavy (non-hydrogen) atoms. The van der Waals surface area contributed by atoms with E-state index in [1.807, 2.05) is 24.3 Å². The van der Waals surface area contributed by atoms with Crippen LogP contribution in [-0.2, 0) is 0 Å². The van der Waals surface area contributed by atoms with E-state index < -0.39 is 11.7 Å². The molecule has 1 unspecified atom stereocenters. The number of hydrogen-bond acceptors (Lipinski definition) is 3. The largest absolute Gasteiger partial charge is 0.389 e. The van der Waals surface area contributed by atoms with E-state index in [4.69, 9.17) is 0 Å². The standard InChI is InChI=1S/C14H20O2S/c1-11(15)12-5-4-6-13(9-12)17-10-14(16)7-2-3-8-14/h4-6,9,11,15-16H,2-3,7-8,10H2,1H3. The van der Waals surface area contributed by atoms with E-state index >= 15 is 0 Å². The van der Waals surface area contributed by atoms with E-state index in [0.717, 1.165) is 41.9 Å². The second kappa shape index (κ2) is 5.42. The number of benzene rings is 1. The summed E-state index contributed by atoms with van der Waals surface area (Å²) in [5.41, 5.74) is 0.472. The van der Waals surface area contributed by atoms with Gasteiger partial charge in [0.1, 0.15) is 0 Å². The molecule has 0 aliphatic heterocycles. The van der Waals surface area contributed by atoms with Gasteiger partial charge in [0.25, 0.3) is 0 Å². The highest BCUT2D eigenvalue weighted by Crippen LogP contribution is 2.35. The molecule has 0 spiro atoms. The van der Waals surface area contributed by atoms with Crippen molar-refractivity contribution in [1.82, 2.24) is 0 Å². The molecule has 1 atom stereocenters. The second-order valence-electron chi connectivity index (χ2n) is 4.97. The lowest BCUT2D eigenvalue weighted by molar-refractivity contribution is 0.0732. The van der Waals surface area contributed by atoms with Crippen LogP contribution in [0.1, 0.15) is 44.3 Å². The van der Waals surface area contributed by atoms with Crippen LogP contribution in [0.15, 0.2) is 29.2 Å². The smallest absolute Gasteiger partial charge is 0.0762 e. The molecule has 1 aromatic rings. The Bertz CT molecular complexity index is 370. The average Bonchev–Trinajstić information content (AvgIpc) is 2.75. The zero-order valence-corrected chi connectivity index (χ0v) is 11.0. The van der Waals surface area contributed by atoms with Crippen molar-refractivity contribution in [3.63, 3.8) is 0 Å². The molecule has 0 saturated heterocycles. The summed E-state index contributed by atoms with van der Waals surface area (Å²) in [5, 5.41) is 19.8. The van der Waals surface area contributed by atoms with Crippen molar-refractivity contribution in [3.8, 4) is 0 Å². The maximum Gasteiger partial charge on any atom is 0.0762 e. The number of aliphatic hydroxyl groups is 2. The fraction of sp³-hybridized carbons (Fsp3) is 0.571. The van der Waals surface area contributed by atoms with Crippen LogP contribution in [0.4, 0.5) is 0 Å². The Kier molecular flexibility index (Phi) is 4.13. The normalized spacial score (nSPS) is 20.4. The van der Waals surface area contributed by atoms with Gasteiger partial charge in [-0.15, -0.1) is 11.8 Å². The summed E-state index contributed by atoms with van der Waals surface area (Å²) in [6, 6.07) is 7.94. The van der Waals surface area contributed by atoms with E-state index in [0.29, 0.717) is 0 Å². The van der Waals surface area contributed by atoms with Crippen LogP contribution >= 0.6 is 11.8 Å². The van der Waals surface area contributed by atoms with Gasteiger partial charge in [0.05, 0.1) is 11.7 Å². The van der Waals surface area contributed by atoms with Gasteiger partial charge in [-0.3, -0.25) is 0 Å². The third kappa shape index (κ3) is 3.47. The Morgan fingerprint density at radius 3 is 2.71 bits per heavy atom.